The Labute approximate surface area is 99.7 Å². The molecule has 94 valence electrons. The Bertz CT molecular complexity index is 206. The molecule has 0 aromatic heterocycles. The Morgan fingerprint density at radius 3 is 2.31 bits per heavy atom. The normalized spacial score (nSPS) is 26.2. The molecule has 0 unspecified atom stereocenters. The Morgan fingerprint density at radius 2 is 1.81 bits per heavy atom. The molecule has 2 heterocycles. The lowest BCUT2D eigenvalue weighted by Gasteiger charge is -2.47. The van der Waals surface area contributed by atoms with Crippen molar-refractivity contribution in [3.63, 3.8) is 0 Å². The SMILES string of the molecule is COCC1CN(C2CCN(C(C)C)CC2)C1. The molecular weight excluding hydrogens is 200 g/mol. The average Bonchev–Trinajstić information content (AvgIpc) is 2.23. The fourth-order valence-electron chi connectivity index (χ4n) is 3.02. The number of piperidine rings is 1. The minimum atomic E-state index is 0.721. The minimum Gasteiger partial charge on any atom is -0.384 e. The van der Waals surface area contributed by atoms with Gasteiger partial charge in [0.15, 0.2) is 0 Å². The van der Waals surface area contributed by atoms with Crippen LogP contribution in [0.15, 0.2) is 0 Å². The van der Waals surface area contributed by atoms with Gasteiger partial charge in [-0.25, -0.2) is 0 Å². The Hall–Kier alpha value is -0.120. The van der Waals surface area contributed by atoms with Crippen LogP contribution >= 0.6 is 0 Å². The second kappa shape index (κ2) is 5.48. The lowest BCUT2D eigenvalue weighted by molar-refractivity contribution is -0.0159. The monoisotopic (exact) mass is 226 g/mol. The molecule has 2 aliphatic rings. The van der Waals surface area contributed by atoms with Crippen molar-refractivity contribution in [2.45, 2.75) is 38.8 Å². The highest BCUT2D eigenvalue weighted by atomic mass is 16.5. The van der Waals surface area contributed by atoms with Crippen LogP contribution in [0, 0.1) is 5.92 Å². The summed E-state index contributed by atoms with van der Waals surface area (Å²) < 4.78 is 5.20. The van der Waals surface area contributed by atoms with Crippen LogP contribution in [-0.2, 0) is 4.74 Å². The molecule has 0 atom stereocenters. The molecule has 0 N–H and O–H groups in total. The van der Waals surface area contributed by atoms with Crippen LogP contribution in [0.25, 0.3) is 0 Å². The summed E-state index contributed by atoms with van der Waals surface area (Å²) in [6.45, 7) is 10.7. The van der Waals surface area contributed by atoms with Crippen LogP contribution in [0.2, 0.25) is 0 Å². The Morgan fingerprint density at radius 1 is 1.19 bits per heavy atom. The summed E-state index contributed by atoms with van der Waals surface area (Å²) in [4.78, 5) is 5.25. The Kier molecular flexibility index (Phi) is 4.22. The maximum absolute atomic E-state index is 5.20. The van der Waals surface area contributed by atoms with Crippen molar-refractivity contribution in [2.75, 3.05) is 39.9 Å². The molecule has 2 rings (SSSR count). The summed E-state index contributed by atoms with van der Waals surface area (Å²) in [7, 11) is 1.81. The zero-order valence-corrected chi connectivity index (χ0v) is 11.0. The van der Waals surface area contributed by atoms with E-state index in [1.54, 1.807) is 0 Å². The third-order valence-electron chi connectivity index (χ3n) is 4.13. The van der Waals surface area contributed by atoms with E-state index in [9.17, 15) is 0 Å². The molecule has 0 bridgehead atoms. The highest BCUT2D eigenvalue weighted by Crippen LogP contribution is 2.25. The number of nitrogens with zero attached hydrogens (tertiary/aromatic N) is 2. The zero-order valence-electron chi connectivity index (χ0n) is 11.0. The first-order valence-electron chi connectivity index (χ1n) is 6.67. The van der Waals surface area contributed by atoms with E-state index < -0.39 is 0 Å². The van der Waals surface area contributed by atoms with Gasteiger partial charge >= 0.3 is 0 Å². The molecule has 0 aliphatic carbocycles. The van der Waals surface area contributed by atoms with E-state index in [-0.39, 0.29) is 0 Å². The van der Waals surface area contributed by atoms with Crippen LogP contribution in [0.4, 0.5) is 0 Å². The number of ether oxygens (including phenoxy) is 1. The largest absolute Gasteiger partial charge is 0.384 e. The van der Waals surface area contributed by atoms with Gasteiger partial charge in [0, 0.05) is 38.2 Å². The number of methoxy groups -OCH3 is 1. The van der Waals surface area contributed by atoms with Gasteiger partial charge in [0.25, 0.3) is 0 Å². The van der Waals surface area contributed by atoms with Crippen molar-refractivity contribution < 1.29 is 4.74 Å². The summed E-state index contributed by atoms with van der Waals surface area (Å²) in [6.07, 6.45) is 2.72. The summed E-state index contributed by atoms with van der Waals surface area (Å²) in [5.74, 6) is 0.799. The number of hydrogen-bond donors (Lipinski definition) is 0. The molecule has 16 heavy (non-hydrogen) atoms. The minimum absolute atomic E-state index is 0.721. The van der Waals surface area contributed by atoms with E-state index >= 15 is 0 Å². The summed E-state index contributed by atoms with van der Waals surface area (Å²) in [6, 6.07) is 1.57. The van der Waals surface area contributed by atoms with Gasteiger partial charge in [-0.3, -0.25) is 4.90 Å². The molecule has 3 nitrogen and oxygen atoms in total. The summed E-state index contributed by atoms with van der Waals surface area (Å²) >= 11 is 0. The third kappa shape index (κ3) is 2.76. The molecule has 2 aliphatic heterocycles. The molecule has 0 aromatic carbocycles. The van der Waals surface area contributed by atoms with Crippen molar-refractivity contribution >= 4 is 0 Å². The number of hydrogen-bond acceptors (Lipinski definition) is 3. The van der Waals surface area contributed by atoms with E-state index in [1.165, 1.54) is 39.0 Å². The summed E-state index contributed by atoms with van der Waals surface area (Å²) in [5.41, 5.74) is 0. The van der Waals surface area contributed by atoms with Gasteiger partial charge in [-0.15, -0.1) is 0 Å². The van der Waals surface area contributed by atoms with E-state index in [0.29, 0.717) is 0 Å². The fourth-order valence-corrected chi connectivity index (χ4v) is 3.02. The lowest BCUT2D eigenvalue weighted by Crippen LogP contribution is -2.56. The standard InChI is InChI=1S/C13H26N2O/c1-11(2)14-6-4-13(5-7-14)15-8-12(9-15)10-16-3/h11-13H,4-10H2,1-3H3. The van der Waals surface area contributed by atoms with Gasteiger partial charge in [-0.1, -0.05) is 0 Å². The van der Waals surface area contributed by atoms with Gasteiger partial charge in [0.1, 0.15) is 0 Å². The molecule has 0 amide bonds. The fraction of sp³-hybridized carbons (Fsp3) is 1.00. The van der Waals surface area contributed by atoms with Gasteiger partial charge in [0.05, 0.1) is 6.61 Å². The van der Waals surface area contributed by atoms with Gasteiger partial charge in [-0.05, 0) is 39.8 Å². The molecule has 3 heteroatoms. The van der Waals surface area contributed by atoms with Crippen molar-refractivity contribution in [2.24, 2.45) is 5.92 Å². The molecule has 0 radical (unpaired) electrons. The van der Waals surface area contributed by atoms with Crippen LogP contribution in [0.3, 0.4) is 0 Å². The van der Waals surface area contributed by atoms with E-state index in [2.05, 4.69) is 23.6 Å². The van der Waals surface area contributed by atoms with Crippen molar-refractivity contribution in [1.82, 2.24) is 9.80 Å². The van der Waals surface area contributed by atoms with Crippen LogP contribution < -0.4 is 0 Å². The first-order valence-corrected chi connectivity index (χ1v) is 6.67. The van der Waals surface area contributed by atoms with Crippen molar-refractivity contribution in [3.8, 4) is 0 Å². The average molecular weight is 226 g/mol. The summed E-state index contributed by atoms with van der Waals surface area (Å²) in [5, 5.41) is 0. The van der Waals surface area contributed by atoms with E-state index in [0.717, 1.165) is 24.6 Å². The maximum Gasteiger partial charge on any atom is 0.0515 e. The van der Waals surface area contributed by atoms with Gasteiger partial charge in [-0.2, -0.15) is 0 Å². The van der Waals surface area contributed by atoms with Crippen LogP contribution in [-0.4, -0.2) is 61.8 Å². The third-order valence-corrected chi connectivity index (χ3v) is 4.13. The molecular formula is C13H26N2O. The van der Waals surface area contributed by atoms with Gasteiger partial charge in [0.2, 0.25) is 0 Å². The van der Waals surface area contributed by atoms with Crippen molar-refractivity contribution in [1.29, 1.82) is 0 Å². The van der Waals surface area contributed by atoms with Crippen molar-refractivity contribution in [3.05, 3.63) is 0 Å². The van der Waals surface area contributed by atoms with E-state index in [4.69, 9.17) is 4.74 Å². The molecule has 0 saturated carbocycles. The zero-order chi connectivity index (χ0) is 11.5. The lowest BCUT2D eigenvalue weighted by atomic mass is 9.93. The predicted molar refractivity (Wildman–Crippen MR) is 66.7 cm³/mol. The highest BCUT2D eigenvalue weighted by Gasteiger charge is 2.34. The number of rotatable bonds is 4. The molecule has 2 fully saturated rings. The second-order valence-electron chi connectivity index (χ2n) is 5.64. The second-order valence-corrected chi connectivity index (χ2v) is 5.64. The van der Waals surface area contributed by atoms with Crippen LogP contribution in [0.1, 0.15) is 26.7 Å². The first kappa shape index (κ1) is 12.3. The predicted octanol–water partition coefficient (Wildman–Crippen LogP) is 1.44. The quantitative estimate of drug-likeness (QED) is 0.721. The number of likely N-dealkylation sites (tertiary alicyclic amines) is 2. The topological polar surface area (TPSA) is 15.7 Å². The molecule has 0 aromatic rings. The Balaban J connectivity index is 1.67. The van der Waals surface area contributed by atoms with Crippen LogP contribution in [0.5, 0.6) is 0 Å². The highest BCUT2D eigenvalue weighted by molar-refractivity contribution is 4.88. The first-order chi connectivity index (χ1) is 7.70. The molecule has 2 saturated heterocycles. The smallest absolute Gasteiger partial charge is 0.0515 e. The van der Waals surface area contributed by atoms with Gasteiger partial charge < -0.3 is 9.64 Å². The molecule has 0 spiro atoms. The van der Waals surface area contributed by atoms with E-state index in [1.807, 2.05) is 7.11 Å². The maximum atomic E-state index is 5.20.